The van der Waals surface area contributed by atoms with E-state index in [2.05, 4.69) is 5.32 Å². The Morgan fingerprint density at radius 2 is 1.96 bits per heavy atom. The van der Waals surface area contributed by atoms with Crippen molar-refractivity contribution in [3.8, 4) is 17.6 Å². The lowest BCUT2D eigenvalue weighted by molar-refractivity contribution is -0.120. The fourth-order valence-electron chi connectivity index (χ4n) is 2.19. The van der Waals surface area contributed by atoms with Crippen molar-refractivity contribution in [2.45, 2.75) is 26.5 Å². The van der Waals surface area contributed by atoms with E-state index < -0.39 is 0 Å². The van der Waals surface area contributed by atoms with Gasteiger partial charge in [0.15, 0.2) is 11.5 Å². The minimum atomic E-state index is -0.315. The molecule has 0 aromatic heterocycles. The van der Waals surface area contributed by atoms with Gasteiger partial charge in [-0.05, 0) is 18.6 Å². The Kier molecular flexibility index (Phi) is 6.21. The number of para-hydroxylation sites is 1. The summed E-state index contributed by atoms with van der Waals surface area (Å²) in [4.78, 5) is 11.5. The number of benzene rings is 2. The van der Waals surface area contributed by atoms with Crippen LogP contribution in [0.15, 0.2) is 42.5 Å². The molecule has 0 atom stereocenters. The number of carbonyl (C=O) groups excluding carboxylic acids is 1. The molecule has 2 aromatic carbocycles. The number of amides is 1. The largest absolute Gasteiger partial charge is 0.493 e. The molecule has 0 radical (unpaired) electrons. The fourth-order valence-corrected chi connectivity index (χ4v) is 2.19. The van der Waals surface area contributed by atoms with Gasteiger partial charge >= 0.3 is 0 Å². The van der Waals surface area contributed by atoms with Crippen LogP contribution in [0.1, 0.15) is 23.1 Å². The molecule has 0 saturated heterocycles. The standard InChI is InChI=1S/C19H20N2O3/c1-14-6-8-15(9-7-14)13-24-19-16(4-3-5-17(19)23-2)12-21-18(22)10-11-20/h3-9H,10,12-13H2,1-2H3,(H,21,22). The van der Waals surface area contributed by atoms with Crippen LogP contribution < -0.4 is 14.8 Å². The topological polar surface area (TPSA) is 71.3 Å². The molecule has 0 aliphatic rings. The van der Waals surface area contributed by atoms with Crippen molar-refractivity contribution in [2.24, 2.45) is 0 Å². The van der Waals surface area contributed by atoms with Crippen molar-refractivity contribution >= 4 is 5.91 Å². The maximum absolute atomic E-state index is 11.5. The number of nitrogens with zero attached hydrogens (tertiary/aromatic N) is 1. The van der Waals surface area contributed by atoms with E-state index in [1.165, 1.54) is 5.56 Å². The summed E-state index contributed by atoms with van der Waals surface area (Å²) in [5.41, 5.74) is 3.04. The van der Waals surface area contributed by atoms with Gasteiger partial charge in [0.2, 0.25) is 5.91 Å². The predicted molar refractivity (Wildman–Crippen MR) is 90.6 cm³/mol. The quantitative estimate of drug-likeness (QED) is 0.849. The van der Waals surface area contributed by atoms with Crippen LogP contribution in [0.4, 0.5) is 0 Å². The molecule has 1 N–H and O–H groups in total. The van der Waals surface area contributed by atoms with Crippen LogP contribution in [0.5, 0.6) is 11.5 Å². The monoisotopic (exact) mass is 324 g/mol. The van der Waals surface area contributed by atoms with Crippen molar-refractivity contribution in [1.82, 2.24) is 5.32 Å². The van der Waals surface area contributed by atoms with Gasteiger partial charge in [-0.1, -0.05) is 42.0 Å². The summed E-state index contributed by atoms with van der Waals surface area (Å²) in [6.07, 6.45) is -0.163. The minimum Gasteiger partial charge on any atom is -0.493 e. The highest BCUT2D eigenvalue weighted by Crippen LogP contribution is 2.31. The Morgan fingerprint density at radius 3 is 2.62 bits per heavy atom. The number of rotatable bonds is 7. The molecule has 5 nitrogen and oxygen atoms in total. The van der Waals surface area contributed by atoms with Crippen molar-refractivity contribution in [3.63, 3.8) is 0 Å². The first-order valence-electron chi connectivity index (χ1n) is 7.62. The number of ether oxygens (including phenoxy) is 2. The molecule has 0 aliphatic carbocycles. The van der Waals surface area contributed by atoms with Gasteiger partial charge in [-0.3, -0.25) is 4.79 Å². The first-order chi connectivity index (χ1) is 11.6. The smallest absolute Gasteiger partial charge is 0.234 e. The van der Waals surface area contributed by atoms with Crippen LogP contribution in [0.3, 0.4) is 0 Å². The van der Waals surface area contributed by atoms with Crippen molar-refractivity contribution in [2.75, 3.05) is 7.11 Å². The van der Waals surface area contributed by atoms with E-state index in [0.717, 1.165) is 11.1 Å². The van der Waals surface area contributed by atoms with Crippen LogP contribution in [-0.2, 0) is 17.9 Å². The van der Waals surface area contributed by atoms with Crippen LogP contribution in [-0.4, -0.2) is 13.0 Å². The average Bonchev–Trinajstić information content (AvgIpc) is 2.60. The zero-order valence-electron chi connectivity index (χ0n) is 13.8. The molecule has 0 spiro atoms. The summed E-state index contributed by atoms with van der Waals surface area (Å²) in [5.74, 6) is 0.886. The number of nitriles is 1. The third-order valence-electron chi connectivity index (χ3n) is 3.50. The number of hydrogen-bond donors (Lipinski definition) is 1. The van der Waals surface area contributed by atoms with Crippen molar-refractivity contribution < 1.29 is 14.3 Å². The highest BCUT2D eigenvalue weighted by atomic mass is 16.5. The SMILES string of the molecule is COc1cccc(CNC(=O)CC#N)c1OCc1ccc(C)cc1. The number of nitrogens with one attached hydrogen (secondary N) is 1. The fraction of sp³-hybridized carbons (Fsp3) is 0.263. The molecule has 0 fully saturated rings. The predicted octanol–water partition coefficient (Wildman–Crippen LogP) is 3.11. The number of carbonyl (C=O) groups is 1. The van der Waals surface area contributed by atoms with Gasteiger partial charge in [0.1, 0.15) is 13.0 Å². The summed E-state index contributed by atoms with van der Waals surface area (Å²) in [6, 6.07) is 15.4. The normalized spacial score (nSPS) is 9.88. The second-order valence-corrected chi connectivity index (χ2v) is 5.33. The molecule has 0 unspecified atom stereocenters. The number of hydrogen-bond acceptors (Lipinski definition) is 4. The van der Waals surface area contributed by atoms with E-state index in [1.807, 2.05) is 55.5 Å². The summed E-state index contributed by atoms with van der Waals surface area (Å²) in [7, 11) is 1.58. The first-order valence-corrected chi connectivity index (χ1v) is 7.62. The molecule has 24 heavy (non-hydrogen) atoms. The van der Waals surface area contributed by atoms with E-state index in [4.69, 9.17) is 14.7 Å². The highest BCUT2D eigenvalue weighted by Gasteiger charge is 2.12. The number of aryl methyl sites for hydroxylation is 1. The molecule has 0 aliphatic heterocycles. The van der Waals surface area contributed by atoms with Crippen molar-refractivity contribution in [1.29, 1.82) is 5.26 Å². The van der Waals surface area contributed by atoms with Gasteiger partial charge in [0.05, 0.1) is 13.2 Å². The number of methoxy groups -OCH3 is 1. The van der Waals surface area contributed by atoms with E-state index in [-0.39, 0.29) is 18.9 Å². The summed E-state index contributed by atoms with van der Waals surface area (Å²) < 4.78 is 11.3. The average molecular weight is 324 g/mol. The second-order valence-electron chi connectivity index (χ2n) is 5.33. The van der Waals surface area contributed by atoms with Gasteiger partial charge in [-0.15, -0.1) is 0 Å². The maximum Gasteiger partial charge on any atom is 0.234 e. The zero-order chi connectivity index (χ0) is 17.4. The first kappa shape index (κ1) is 17.4. The van der Waals surface area contributed by atoms with Gasteiger partial charge < -0.3 is 14.8 Å². The second kappa shape index (κ2) is 8.59. The van der Waals surface area contributed by atoms with Crippen LogP contribution in [0, 0.1) is 18.3 Å². The maximum atomic E-state index is 11.5. The van der Waals surface area contributed by atoms with Crippen LogP contribution in [0.2, 0.25) is 0 Å². The van der Waals surface area contributed by atoms with Gasteiger partial charge in [-0.2, -0.15) is 5.26 Å². The third-order valence-corrected chi connectivity index (χ3v) is 3.50. The van der Waals surface area contributed by atoms with E-state index in [0.29, 0.717) is 18.1 Å². The summed E-state index contributed by atoms with van der Waals surface area (Å²) in [6.45, 7) is 2.72. The molecule has 5 heteroatoms. The van der Waals surface area contributed by atoms with Gasteiger partial charge in [0.25, 0.3) is 0 Å². The third kappa shape index (κ3) is 4.75. The summed E-state index contributed by atoms with van der Waals surface area (Å²) >= 11 is 0. The Morgan fingerprint density at radius 1 is 1.21 bits per heavy atom. The molecule has 0 heterocycles. The molecule has 124 valence electrons. The summed E-state index contributed by atoms with van der Waals surface area (Å²) in [5, 5.41) is 11.2. The Bertz CT molecular complexity index is 733. The Hall–Kier alpha value is -3.00. The molecular weight excluding hydrogens is 304 g/mol. The lowest BCUT2D eigenvalue weighted by Crippen LogP contribution is -2.22. The zero-order valence-corrected chi connectivity index (χ0v) is 13.8. The lowest BCUT2D eigenvalue weighted by Gasteiger charge is -2.15. The molecule has 2 rings (SSSR count). The van der Waals surface area contributed by atoms with E-state index in [9.17, 15) is 4.79 Å². The van der Waals surface area contributed by atoms with Crippen LogP contribution in [0.25, 0.3) is 0 Å². The van der Waals surface area contributed by atoms with E-state index >= 15 is 0 Å². The lowest BCUT2D eigenvalue weighted by atomic mass is 10.1. The molecule has 0 saturated carbocycles. The van der Waals surface area contributed by atoms with Gasteiger partial charge in [0, 0.05) is 12.1 Å². The van der Waals surface area contributed by atoms with Crippen LogP contribution >= 0.6 is 0 Å². The Balaban J connectivity index is 2.12. The molecular formula is C19H20N2O3. The van der Waals surface area contributed by atoms with Crippen molar-refractivity contribution in [3.05, 3.63) is 59.2 Å². The Labute approximate surface area is 141 Å². The highest BCUT2D eigenvalue weighted by molar-refractivity contribution is 5.78. The molecule has 0 bridgehead atoms. The van der Waals surface area contributed by atoms with E-state index in [1.54, 1.807) is 7.11 Å². The molecule has 2 aromatic rings. The minimum absolute atomic E-state index is 0.163. The van der Waals surface area contributed by atoms with Gasteiger partial charge in [-0.25, -0.2) is 0 Å². The molecule has 1 amide bonds.